The number of benzene rings is 1. The van der Waals surface area contributed by atoms with Gasteiger partial charge in [-0.25, -0.2) is 0 Å². The van der Waals surface area contributed by atoms with Crippen LogP contribution >= 0.6 is 11.6 Å². The summed E-state index contributed by atoms with van der Waals surface area (Å²) in [5, 5.41) is 10.8. The third-order valence-electron chi connectivity index (χ3n) is 3.18. The number of nitrogens with zero attached hydrogens (tertiary/aromatic N) is 2. The second kappa shape index (κ2) is 6.59. The highest BCUT2D eigenvalue weighted by atomic mass is 35.5. The summed E-state index contributed by atoms with van der Waals surface area (Å²) < 4.78 is 0. The zero-order valence-corrected chi connectivity index (χ0v) is 11.8. The number of alkyl halides is 1. The molecule has 4 nitrogen and oxygen atoms in total. The standard InChI is InChI=1S/C13H19ClN2O2/c1-4-5-10(2)15(3)12-6-7-13(16(17)18)11(8-12)9-14/h6-8,10H,4-5,9H2,1-3H3. The molecule has 100 valence electrons. The molecule has 1 atom stereocenters. The lowest BCUT2D eigenvalue weighted by Gasteiger charge is -2.27. The van der Waals surface area contributed by atoms with E-state index in [0.717, 1.165) is 18.5 Å². The van der Waals surface area contributed by atoms with Crippen molar-refractivity contribution in [2.24, 2.45) is 0 Å². The maximum absolute atomic E-state index is 10.8. The van der Waals surface area contributed by atoms with Gasteiger partial charge in [0, 0.05) is 30.4 Å². The summed E-state index contributed by atoms with van der Waals surface area (Å²) in [6, 6.07) is 5.51. The van der Waals surface area contributed by atoms with Crippen molar-refractivity contribution in [3.63, 3.8) is 0 Å². The zero-order chi connectivity index (χ0) is 13.7. The van der Waals surface area contributed by atoms with Gasteiger partial charge in [0.15, 0.2) is 0 Å². The molecule has 0 spiro atoms. The number of hydrogen-bond donors (Lipinski definition) is 0. The molecule has 18 heavy (non-hydrogen) atoms. The van der Waals surface area contributed by atoms with E-state index in [4.69, 9.17) is 11.6 Å². The molecule has 0 saturated carbocycles. The zero-order valence-electron chi connectivity index (χ0n) is 11.0. The van der Waals surface area contributed by atoms with Crippen LogP contribution in [-0.2, 0) is 5.88 Å². The molecular formula is C13H19ClN2O2. The van der Waals surface area contributed by atoms with E-state index in [0.29, 0.717) is 11.6 Å². The number of rotatable bonds is 6. The largest absolute Gasteiger partial charge is 0.372 e. The highest BCUT2D eigenvalue weighted by Gasteiger charge is 2.16. The highest BCUT2D eigenvalue weighted by molar-refractivity contribution is 6.17. The van der Waals surface area contributed by atoms with Gasteiger partial charge in [0.25, 0.3) is 5.69 Å². The number of hydrogen-bond acceptors (Lipinski definition) is 3. The second-order valence-electron chi connectivity index (χ2n) is 4.45. The summed E-state index contributed by atoms with van der Waals surface area (Å²) in [7, 11) is 2.00. The molecule has 0 radical (unpaired) electrons. The summed E-state index contributed by atoms with van der Waals surface area (Å²) >= 11 is 5.77. The van der Waals surface area contributed by atoms with Crippen molar-refractivity contribution in [2.75, 3.05) is 11.9 Å². The first-order chi connectivity index (χ1) is 8.51. The van der Waals surface area contributed by atoms with Crippen LogP contribution in [0.1, 0.15) is 32.3 Å². The molecule has 1 rings (SSSR count). The van der Waals surface area contributed by atoms with E-state index in [-0.39, 0.29) is 11.6 Å². The smallest absolute Gasteiger partial charge is 0.273 e. The van der Waals surface area contributed by atoms with Crippen LogP contribution in [-0.4, -0.2) is 18.0 Å². The van der Waals surface area contributed by atoms with E-state index in [1.54, 1.807) is 12.1 Å². The molecule has 1 aromatic carbocycles. The Bertz CT molecular complexity index is 423. The molecule has 0 amide bonds. The molecule has 1 aromatic rings. The van der Waals surface area contributed by atoms with Gasteiger partial charge in [-0.1, -0.05) is 13.3 Å². The van der Waals surface area contributed by atoms with Crippen molar-refractivity contribution in [3.05, 3.63) is 33.9 Å². The maximum atomic E-state index is 10.8. The average Bonchev–Trinajstić information content (AvgIpc) is 2.37. The fraction of sp³-hybridized carbons (Fsp3) is 0.538. The molecule has 5 heteroatoms. The molecule has 0 aromatic heterocycles. The van der Waals surface area contributed by atoms with Crippen molar-refractivity contribution in [1.29, 1.82) is 0 Å². The quantitative estimate of drug-likeness (QED) is 0.447. The van der Waals surface area contributed by atoms with Crippen molar-refractivity contribution in [3.8, 4) is 0 Å². The first-order valence-electron chi connectivity index (χ1n) is 6.07. The number of halogens is 1. The Labute approximate surface area is 113 Å². The summed E-state index contributed by atoms with van der Waals surface area (Å²) in [6.07, 6.45) is 2.20. The molecule has 0 bridgehead atoms. The summed E-state index contributed by atoms with van der Waals surface area (Å²) in [6.45, 7) is 4.29. The van der Waals surface area contributed by atoms with E-state index in [9.17, 15) is 10.1 Å². The Morgan fingerprint density at radius 1 is 1.50 bits per heavy atom. The van der Waals surface area contributed by atoms with Gasteiger partial charge < -0.3 is 4.90 Å². The minimum atomic E-state index is -0.392. The Hall–Kier alpha value is -1.29. The van der Waals surface area contributed by atoms with Crippen LogP contribution in [0.4, 0.5) is 11.4 Å². The van der Waals surface area contributed by atoms with Gasteiger partial charge in [0.2, 0.25) is 0 Å². The van der Waals surface area contributed by atoms with E-state index >= 15 is 0 Å². The third-order valence-corrected chi connectivity index (χ3v) is 3.47. The summed E-state index contributed by atoms with van der Waals surface area (Å²) in [5.74, 6) is 0.153. The minimum Gasteiger partial charge on any atom is -0.372 e. The second-order valence-corrected chi connectivity index (χ2v) is 4.72. The van der Waals surface area contributed by atoms with Gasteiger partial charge in [-0.15, -0.1) is 11.6 Å². The minimum absolute atomic E-state index is 0.0882. The van der Waals surface area contributed by atoms with Crippen LogP contribution in [0.25, 0.3) is 0 Å². The van der Waals surface area contributed by atoms with Crippen LogP contribution in [0.2, 0.25) is 0 Å². The Morgan fingerprint density at radius 2 is 2.17 bits per heavy atom. The first-order valence-corrected chi connectivity index (χ1v) is 6.60. The number of nitro benzene ring substituents is 1. The van der Waals surface area contributed by atoms with Crippen molar-refractivity contribution in [1.82, 2.24) is 0 Å². The molecule has 0 aliphatic heterocycles. The molecule has 0 N–H and O–H groups in total. The molecule has 1 unspecified atom stereocenters. The van der Waals surface area contributed by atoms with Gasteiger partial charge in [-0.2, -0.15) is 0 Å². The van der Waals surface area contributed by atoms with E-state index in [1.807, 2.05) is 7.05 Å². The molecule has 0 aliphatic rings. The van der Waals surface area contributed by atoms with Gasteiger partial charge in [0.1, 0.15) is 0 Å². The van der Waals surface area contributed by atoms with Crippen LogP contribution < -0.4 is 4.90 Å². The summed E-state index contributed by atoms with van der Waals surface area (Å²) in [5.41, 5.74) is 1.62. The Morgan fingerprint density at radius 3 is 2.67 bits per heavy atom. The normalized spacial score (nSPS) is 12.2. The average molecular weight is 271 g/mol. The van der Waals surface area contributed by atoms with Crippen molar-refractivity contribution < 1.29 is 4.92 Å². The number of nitro groups is 1. The Balaban J connectivity index is 3.01. The topological polar surface area (TPSA) is 46.4 Å². The van der Waals surface area contributed by atoms with E-state index in [1.165, 1.54) is 6.07 Å². The van der Waals surface area contributed by atoms with Crippen LogP contribution in [0.5, 0.6) is 0 Å². The predicted octanol–water partition coefficient (Wildman–Crippen LogP) is 3.96. The lowest BCUT2D eigenvalue weighted by molar-refractivity contribution is -0.385. The van der Waals surface area contributed by atoms with Crippen LogP contribution in [0.3, 0.4) is 0 Å². The van der Waals surface area contributed by atoms with Gasteiger partial charge in [-0.3, -0.25) is 10.1 Å². The Kier molecular flexibility index (Phi) is 5.41. The van der Waals surface area contributed by atoms with E-state index < -0.39 is 4.92 Å². The SMILES string of the molecule is CCCC(C)N(C)c1ccc([N+](=O)[O-])c(CCl)c1. The molecule has 0 fully saturated rings. The number of anilines is 1. The van der Waals surface area contributed by atoms with E-state index in [2.05, 4.69) is 18.7 Å². The monoisotopic (exact) mass is 270 g/mol. The lowest BCUT2D eigenvalue weighted by atomic mass is 10.1. The molecular weight excluding hydrogens is 252 g/mol. The van der Waals surface area contributed by atoms with Crippen molar-refractivity contribution >= 4 is 23.0 Å². The first kappa shape index (κ1) is 14.8. The van der Waals surface area contributed by atoms with Gasteiger partial charge in [-0.05, 0) is 25.5 Å². The fourth-order valence-electron chi connectivity index (χ4n) is 1.94. The molecule has 0 saturated heterocycles. The highest BCUT2D eigenvalue weighted by Crippen LogP contribution is 2.27. The lowest BCUT2D eigenvalue weighted by Crippen LogP contribution is -2.28. The maximum Gasteiger partial charge on any atom is 0.273 e. The molecule has 0 aliphatic carbocycles. The van der Waals surface area contributed by atoms with Gasteiger partial charge in [0.05, 0.1) is 10.8 Å². The van der Waals surface area contributed by atoms with Crippen LogP contribution in [0, 0.1) is 10.1 Å². The van der Waals surface area contributed by atoms with Crippen molar-refractivity contribution in [2.45, 2.75) is 38.6 Å². The predicted molar refractivity (Wildman–Crippen MR) is 75.4 cm³/mol. The molecule has 0 heterocycles. The third kappa shape index (κ3) is 3.35. The van der Waals surface area contributed by atoms with Crippen LogP contribution in [0.15, 0.2) is 18.2 Å². The van der Waals surface area contributed by atoms with Gasteiger partial charge >= 0.3 is 0 Å². The summed E-state index contributed by atoms with van der Waals surface area (Å²) in [4.78, 5) is 12.6. The fourth-order valence-corrected chi connectivity index (χ4v) is 2.16.